The number of nitrogens with one attached hydrogen (secondary N) is 1. The third-order valence-corrected chi connectivity index (χ3v) is 4.01. The Morgan fingerprint density at radius 3 is 2.76 bits per heavy atom. The van der Waals surface area contributed by atoms with Crippen LogP contribution in [0.5, 0.6) is 0 Å². The van der Waals surface area contributed by atoms with Crippen molar-refractivity contribution in [3.05, 3.63) is 34.6 Å². The number of carbonyl (C=O) groups is 2. The molecule has 1 unspecified atom stereocenters. The molecule has 1 heterocycles. The van der Waals surface area contributed by atoms with Crippen LogP contribution in [0, 0.1) is 17.7 Å². The van der Waals surface area contributed by atoms with Gasteiger partial charge in [-0.1, -0.05) is 24.6 Å². The fraction of sp³-hybridized carbons (Fsp3) is 0.429. The molecule has 2 amide bonds. The topological polar surface area (TPSA) is 69.6 Å². The number of likely N-dealkylation sites (tertiary alicyclic amines) is 1. The number of carboxylic acids is 1. The number of urea groups is 1. The highest BCUT2D eigenvalue weighted by Crippen LogP contribution is 2.24. The summed E-state index contributed by atoms with van der Waals surface area (Å²) in [6.07, 6.45) is 0. The summed E-state index contributed by atoms with van der Waals surface area (Å²) in [6.45, 7) is 2.75. The van der Waals surface area contributed by atoms with Crippen molar-refractivity contribution >= 4 is 23.6 Å². The van der Waals surface area contributed by atoms with Gasteiger partial charge in [-0.15, -0.1) is 0 Å². The number of carbonyl (C=O) groups excluding carboxylic acids is 1. The first kappa shape index (κ1) is 15.6. The quantitative estimate of drug-likeness (QED) is 0.896. The zero-order valence-electron chi connectivity index (χ0n) is 11.5. The van der Waals surface area contributed by atoms with Gasteiger partial charge >= 0.3 is 12.0 Å². The molecule has 21 heavy (non-hydrogen) atoms. The van der Waals surface area contributed by atoms with E-state index in [1.807, 2.05) is 0 Å². The Balaban J connectivity index is 1.79. The highest BCUT2D eigenvalue weighted by Gasteiger charge is 2.37. The lowest BCUT2D eigenvalue weighted by molar-refractivity contribution is -0.144. The van der Waals surface area contributed by atoms with Gasteiger partial charge in [0.05, 0.1) is 10.9 Å². The summed E-state index contributed by atoms with van der Waals surface area (Å²) in [6, 6.07) is 4.00. The molecule has 0 bridgehead atoms. The number of rotatable bonds is 4. The number of hydrogen-bond acceptors (Lipinski definition) is 2. The molecule has 2 rings (SSSR count). The summed E-state index contributed by atoms with van der Waals surface area (Å²) in [5, 5.41) is 11.6. The fourth-order valence-corrected chi connectivity index (χ4v) is 2.34. The summed E-state index contributed by atoms with van der Waals surface area (Å²) in [4.78, 5) is 24.2. The second kappa shape index (κ2) is 6.30. The molecule has 0 radical (unpaired) electrons. The van der Waals surface area contributed by atoms with E-state index in [2.05, 4.69) is 5.32 Å². The summed E-state index contributed by atoms with van der Waals surface area (Å²) < 4.78 is 13.0. The molecule has 1 aromatic rings. The Kier molecular flexibility index (Phi) is 4.67. The maximum atomic E-state index is 13.0. The average Bonchev–Trinajstić information content (AvgIpc) is 2.38. The molecule has 0 aliphatic carbocycles. The number of hydrogen-bond donors (Lipinski definition) is 2. The Morgan fingerprint density at radius 2 is 2.19 bits per heavy atom. The highest BCUT2D eigenvalue weighted by molar-refractivity contribution is 6.30. The van der Waals surface area contributed by atoms with Gasteiger partial charge in [-0.05, 0) is 17.7 Å². The standard InChI is InChI=1S/C14H16ClFN2O3/c1-8(13(19)20)10-6-18(7-10)14(21)17-5-9-2-3-12(16)11(15)4-9/h2-4,8,10H,5-7H2,1H3,(H,17,21)(H,19,20). The van der Waals surface area contributed by atoms with Crippen molar-refractivity contribution in [3.8, 4) is 0 Å². The van der Waals surface area contributed by atoms with Crippen LogP contribution in [0.1, 0.15) is 12.5 Å². The van der Waals surface area contributed by atoms with Gasteiger partial charge in [0, 0.05) is 25.6 Å². The van der Waals surface area contributed by atoms with Crippen LogP contribution in [0.15, 0.2) is 18.2 Å². The monoisotopic (exact) mass is 314 g/mol. The second-order valence-electron chi connectivity index (χ2n) is 5.20. The normalized spacial score (nSPS) is 16.2. The van der Waals surface area contributed by atoms with Crippen molar-refractivity contribution in [1.29, 1.82) is 0 Å². The van der Waals surface area contributed by atoms with E-state index in [0.717, 1.165) is 0 Å². The van der Waals surface area contributed by atoms with E-state index < -0.39 is 17.7 Å². The first-order valence-corrected chi connectivity index (χ1v) is 6.95. The maximum Gasteiger partial charge on any atom is 0.317 e. The lowest BCUT2D eigenvalue weighted by Crippen LogP contribution is -2.56. The van der Waals surface area contributed by atoms with Gasteiger partial charge in [-0.2, -0.15) is 0 Å². The lowest BCUT2D eigenvalue weighted by atomic mass is 9.87. The van der Waals surface area contributed by atoms with E-state index in [4.69, 9.17) is 16.7 Å². The molecule has 1 fully saturated rings. The summed E-state index contributed by atoms with van der Waals surface area (Å²) in [7, 11) is 0. The van der Waals surface area contributed by atoms with Crippen molar-refractivity contribution in [1.82, 2.24) is 10.2 Å². The molecule has 1 atom stereocenters. The van der Waals surface area contributed by atoms with E-state index >= 15 is 0 Å². The largest absolute Gasteiger partial charge is 0.481 e. The smallest absolute Gasteiger partial charge is 0.317 e. The molecular weight excluding hydrogens is 299 g/mol. The van der Waals surface area contributed by atoms with Gasteiger partial charge in [0.1, 0.15) is 5.82 Å². The van der Waals surface area contributed by atoms with Gasteiger partial charge in [-0.25, -0.2) is 9.18 Å². The zero-order chi connectivity index (χ0) is 15.6. The minimum Gasteiger partial charge on any atom is -0.481 e. The van der Waals surface area contributed by atoms with Crippen molar-refractivity contribution in [2.75, 3.05) is 13.1 Å². The third kappa shape index (κ3) is 3.64. The minimum atomic E-state index is -0.846. The molecule has 5 nitrogen and oxygen atoms in total. The minimum absolute atomic E-state index is 0.00600. The average molecular weight is 315 g/mol. The molecule has 7 heteroatoms. The molecule has 0 saturated carbocycles. The van der Waals surface area contributed by atoms with Crippen LogP contribution >= 0.6 is 11.6 Å². The molecular formula is C14H16ClFN2O3. The number of amides is 2. The molecule has 0 spiro atoms. The van der Waals surface area contributed by atoms with Crippen LogP contribution in [0.3, 0.4) is 0 Å². The van der Waals surface area contributed by atoms with Crippen LogP contribution in [0.4, 0.5) is 9.18 Å². The molecule has 0 aromatic heterocycles. The summed E-state index contributed by atoms with van der Waals surface area (Å²) in [5.41, 5.74) is 0.700. The Morgan fingerprint density at radius 1 is 1.52 bits per heavy atom. The van der Waals surface area contributed by atoms with E-state index in [-0.39, 0.29) is 23.5 Å². The molecule has 114 valence electrons. The number of aliphatic carboxylic acids is 1. The number of carboxylic acid groups (broad SMARTS) is 1. The Labute approximate surface area is 126 Å². The maximum absolute atomic E-state index is 13.0. The number of halogens is 2. The molecule has 1 aliphatic rings. The van der Waals surface area contributed by atoms with Gasteiger partial charge < -0.3 is 15.3 Å². The van der Waals surface area contributed by atoms with Gasteiger partial charge in [-0.3, -0.25) is 4.79 Å². The second-order valence-corrected chi connectivity index (χ2v) is 5.61. The van der Waals surface area contributed by atoms with Crippen LogP contribution in [0.2, 0.25) is 5.02 Å². The first-order chi connectivity index (χ1) is 9.88. The van der Waals surface area contributed by atoms with Crippen LogP contribution < -0.4 is 5.32 Å². The van der Waals surface area contributed by atoms with Crippen LogP contribution in [0.25, 0.3) is 0 Å². The zero-order valence-corrected chi connectivity index (χ0v) is 12.2. The van der Waals surface area contributed by atoms with Crippen LogP contribution in [-0.2, 0) is 11.3 Å². The van der Waals surface area contributed by atoms with E-state index in [1.54, 1.807) is 17.9 Å². The first-order valence-electron chi connectivity index (χ1n) is 6.58. The van der Waals surface area contributed by atoms with Gasteiger partial charge in [0.15, 0.2) is 0 Å². The summed E-state index contributed by atoms with van der Waals surface area (Å²) >= 11 is 5.66. The summed E-state index contributed by atoms with van der Waals surface area (Å²) in [5.74, 6) is -1.81. The van der Waals surface area contributed by atoms with E-state index in [9.17, 15) is 14.0 Å². The number of benzene rings is 1. The molecule has 1 aliphatic heterocycles. The number of nitrogens with zero attached hydrogens (tertiary/aromatic N) is 1. The van der Waals surface area contributed by atoms with Crippen LogP contribution in [-0.4, -0.2) is 35.1 Å². The van der Waals surface area contributed by atoms with Gasteiger partial charge in [0.2, 0.25) is 0 Å². The highest BCUT2D eigenvalue weighted by atomic mass is 35.5. The van der Waals surface area contributed by atoms with Gasteiger partial charge in [0.25, 0.3) is 0 Å². The van der Waals surface area contributed by atoms with Crippen molar-refractivity contribution in [2.24, 2.45) is 11.8 Å². The van der Waals surface area contributed by atoms with E-state index in [1.165, 1.54) is 12.1 Å². The van der Waals surface area contributed by atoms with Crippen molar-refractivity contribution in [3.63, 3.8) is 0 Å². The molecule has 2 N–H and O–H groups in total. The fourth-order valence-electron chi connectivity index (χ4n) is 2.14. The Bertz CT molecular complexity index is 561. The molecule has 1 aromatic carbocycles. The van der Waals surface area contributed by atoms with E-state index in [0.29, 0.717) is 18.7 Å². The lowest BCUT2D eigenvalue weighted by Gasteiger charge is -2.41. The van der Waals surface area contributed by atoms with Crippen molar-refractivity contribution in [2.45, 2.75) is 13.5 Å². The predicted octanol–water partition coefficient (Wildman–Crippen LogP) is 2.34. The molecule has 1 saturated heterocycles. The third-order valence-electron chi connectivity index (χ3n) is 3.72. The van der Waals surface area contributed by atoms with Crippen molar-refractivity contribution < 1.29 is 19.1 Å². The predicted molar refractivity (Wildman–Crippen MR) is 75.5 cm³/mol. The SMILES string of the molecule is CC(C(=O)O)C1CN(C(=O)NCc2ccc(F)c(Cl)c2)C1. The Hall–Kier alpha value is -1.82.